The second-order valence-corrected chi connectivity index (χ2v) is 4.41. The number of nitrogens with zero attached hydrogens (tertiary/aromatic N) is 2. The van der Waals surface area contributed by atoms with Gasteiger partial charge >= 0.3 is 12.0 Å². The maximum Gasteiger partial charge on any atom is 0.326 e. The standard InChI is InChI=1S/C12H20N4O4/c1-8-9(7-16(2)15-8)6-13-12(19)14-10(11(17)18)4-5-20-3/h7,10H,4-6H2,1-3H3,(H,17,18)(H2,13,14,19). The molecular formula is C12H20N4O4. The van der Waals surface area contributed by atoms with Crippen LogP contribution in [0.5, 0.6) is 0 Å². The summed E-state index contributed by atoms with van der Waals surface area (Å²) in [4.78, 5) is 22.6. The van der Waals surface area contributed by atoms with Crippen LogP contribution in [0.25, 0.3) is 0 Å². The molecule has 0 fully saturated rings. The van der Waals surface area contributed by atoms with Crippen molar-refractivity contribution in [1.29, 1.82) is 0 Å². The number of methoxy groups -OCH3 is 1. The van der Waals surface area contributed by atoms with Crippen molar-refractivity contribution in [3.05, 3.63) is 17.5 Å². The minimum absolute atomic E-state index is 0.213. The fourth-order valence-corrected chi connectivity index (χ4v) is 1.70. The van der Waals surface area contributed by atoms with E-state index in [9.17, 15) is 9.59 Å². The van der Waals surface area contributed by atoms with Gasteiger partial charge in [-0.1, -0.05) is 0 Å². The van der Waals surface area contributed by atoms with Crippen LogP contribution in [0.1, 0.15) is 17.7 Å². The van der Waals surface area contributed by atoms with Crippen molar-refractivity contribution in [2.45, 2.75) is 25.9 Å². The number of ether oxygens (including phenoxy) is 1. The molecule has 8 nitrogen and oxygen atoms in total. The normalized spacial score (nSPS) is 11.9. The summed E-state index contributed by atoms with van der Waals surface area (Å²) in [7, 11) is 3.27. The van der Waals surface area contributed by atoms with Gasteiger partial charge in [0.2, 0.25) is 0 Å². The number of urea groups is 1. The summed E-state index contributed by atoms with van der Waals surface area (Å²) in [6.45, 7) is 2.40. The Morgan fingerprint density at radius 3 is 2.75 bits per heavy atom. The van der Waals surface area contributed by atoms with Crippen LogP contribution >= 0.6 is 0 Å². The fraction of sp³-hybridized carbons (Fsp3) is 0.583. The van der Waals surface area contributed by atoms with E-state index in [1.807, 2.05) is 6.92 Å². The van der Waals surface area contributed by atoms with Crippen LogP contribution in [0.3, 0.4) is 0 Å². The topological polar surface area (TPSA) is 105 Å². The van der Waals surface area contributed by atoms with Crippen molar-refractivity contribution in [3.8, 4) is 0 Å². The first-order valence-corrected chi connectivity index (χ1v) is 6.19. The maximum absolute atomic E-state index is 11.7. The third-order valence-corrected chi connectivity index (χ3v) is 2.77. The average Bonchev–Trinajstić information content (AvgIpc) is 2.70. The Labute approximate surface area is 117 Å². The summed E-state index contributed by atoms with van der Waals surface area (Å²) in [5.41, 5.74) is 1.70. The molecule has 1 aromatic rings. The Morgan fingerprint density at radius 2 is 2.25 bits per heavy atom. The molecule has 1 unspecified atom stereocenters. The van der Waals surface area contributed by atoms with Crippen LogP contribution in [0, 0.1) is 6.92 Å². The molecule has 3 N–H and O–H groups in total. The Balaban J connectivity index is 2.45. The maximum atomic E-state index is 11.7. The number of nitrogens with one attached hydrogen (secondary N) is 2. The lowest BCUT2D eigenvalue weighted by atomic mass is 10.2. The van der Waals surface area contributed by atoms with Crippen LogP contribution in [-0.2, 0) is 23.1 Å². The van der Waals surface area contributed by atoms with Crippen LogP contribution < -0.4 is 10.6 Å². The lowest BCUT2D eigenvalue weighted by Gasteiger charge is -2.14. The first-order valence-electron chi connectivity index (χ1n) is 6.19. The molecular weight excluding hydrogens is 264 g/mol. The monoisotopic (exact) mass is 284 g/mol. The second-order valence-electron chi connectivity index (χ2n) is 4.41. The molecule has 0 bridgehead atoms. The van der Waals surface area contributed by atoms with E-state index < -0.39 is 18.0 Å². The number of carbonyl (C=O) groups excluding carboxylic acids is 1. The number of amides is 2. The molecule has 2 amide bonds. The summed E-state index contributed by atoms with van der Waals surface area (Å²) in [6.07, 6.45) is 2.01. The van der Waals surface area contributed by atoms with E-state index in [0.717, 1.165) is 11.3 Å². The number of aliphatic carboxylic acids is 1. The van der Waals surface area contributed by atoms with Gasteiger partial charge in [-0.2, -0.15) is 5.10 Å². The molecule has 0 radical (unpaired) electrons. The van der Waals surface area contributed by atoms with Gasteiger partial charge in [0.15, 0.2) is 0 Å². The Hall–Kier alpha value is -2.09. The zero-order chi connectivity index (χ0) is 15.1. The molecule has 0 aliphatic heterocycles. The molecule has 1 rings (SSSR count). The summed E-state index contributed by atoms with van der Waals surface area (Å²) in [6, 6.07) is -1.50. The van der Waals surface area contributed by atoms with Gasteiger partial charge in [-0.25, -0.2) is 9.59 Å². The fourth-order valence-electron chi connectivity index (χ4n) is 1.70. The molecule has 1 heterocycles. The van der Waals surface area contributed by atoms with Crippen molar-refractivity contribution >= 4 is 12.0 Å². The number of hydrogen-bond donors (Lipinski definition) is 3. The Bertz CT molecular complexity index is 472. The van der Waals surface area contributed by atoms with Crippen LogP contribution in [-0.4, -0.2) is 46.6 Å². The molecule has 1 atom stereocenters. The molecule has 112 valence electrons. The van der Waals surface area contributed by atoms with Gasteiger partial charge in [0.05, 0.1) is 5.69 Å². The van der Waals surface area contributed by atoms with Gasteiger partial charge in [-0.3, -0.25) is 4.68 Å². The first kappa shape index (κ1) is 16.0. The summed E-state index contributed by atoms with van der Waals surface area (Å²) in [5.74, 6) is -1.09. The van der Waals surface area contributed by atoms with E-state index in [4.69, 9.17) is 9.84 Å². The molecule has 0 saturated heterocycles. The third-order valence-electron chi connectivity index (χ3n) is 2.77. The lowest BCUT2D eigenvalue weighted by Crippen LogP contribution is -2.46. The molecule has 0 aliphatic rings. The van der Waals surface area contributed by atoms with E-state index in [1.165, 1.54) is 7.11 Å². The van der Waals surface area contributed by atoms with Crippen molar-refractivity contribution in [1.82, 2.24) is 20.4 Å². The van der Waals surface area contributed by atoms with Gasteiger partial charge < -0.3 is 20.5 Å². The van der Waals surface area contributed by atoms with Crippen molar-refractivity contribution in [2.24, 2.45) is 7.05 Å². The van der Waals surface area contributed by atoms with Gasteiger partial charge in [-0.15, -0.1) is 0 Å². The quantitative estimate of drug-likeness (QED) is 0.654. The number of carboxylic acid groups (broad SMARTS) is 1. The first-order chi connectivity index (χ1) is 9.43. The Kier molecular flexibility index (Phi) is 5.98. The van der Waals surface area contributed by atoms with Crippen LogP contribution in [0.15, 0.2) is 6.20 Å². The highest BCUT2D eigenvalue weighted by molar-refractivity contribution is 5.82. The molecule has 0 spiro atoms. The SMILES string of the molecule is COCCC(NC(=O)NCc1cn(C)nc1C)C(=O)O. The minimum atomic E-state index is -1.09. The molecule has 1 aromatic heterocycles. The highest BCUT2D eigenvalue weighted by Crippen LogP contribution is 2.03. The van der Waals surface area contributed by atoms with Crippen molar-refractivity contribution in [2.75, 3.05) is 13.7 Å². The van der Waals surface area contributed by atoms with Crippen LogP contribution in [0.2, 0.25) is 0 Å². The summed E-state index contributed by atoms with van der Waals surface area (Å²) >= 11 is 0. The minimum Gasteiger partial charge on any atom is -0.480 e. The number of carbonyl (C=O) groups is 2. The summed E-state index contributed by atoms with van der Waals surface area (Å²) < 4.78 is 6.46. The zero-order valence-electron chi connectivity index (χ0n) is 11.8. The molecule has 20 heavy (non-hydrogen) atoms. The predicted molar refractivity (Wildman–Crippen MR) is 71.2 cm³/mol. The number of aryl methyl sites for hydroxylation is 2. The lowest BCUT2D eigenvalue weighted by molar-refractivity contribution is -0.139. The predicted octanol–water partition coefficient (Wildman–Crippen LogP) is 0.0174. The number of hydrogen-bond acceptors (Lipinski definition) is 4. The van der Waals surface area contributed by atoms with Gasteiger partial charge in [-0.05, 0) is 6.92 Å². The number of carboxylic acids is 1. The van der Waals surface area contributed by atoms with E-state index >= 15 is 0 Å². The third kappa shape index (κ3) is 4.88. The molecule has 0 aliphatic carbocycles. The van der Waals surface area contributed by atoms with Gasteiger partial charge in [0, 0.05) is 45.5 Å². The second kappa shape index (κ2) is 7.49. The summed E-state index contributed by atoms with van der Waals surface area (Å²) in [5, 5.41) is 18.1. The van der Waals surface area contributed by atoms with Gasteiger partial charge in [0.25, 0.3) is 0 Å². The van der Waals surface area contributed by atoms with Gasteiger partial charge in [0.1, 0.15) is 6.04 Å². The molecule has 0 aromatic carbocycles. The molecule has 0 saturated carbocycles. The van der Waals surface area contributed by atoms with E-state index in [-0.39, 0.29) is 13.0 Å². The smallest absolute Gasteiger partial charge is 0.326 e. The van der Waals surface area contributed by atoms with Crippen LogP contribution in [0.4, 0.5) is 4.79 Å². The van der Waals surface area contributed by atoms with Crippen molar-refractivity contribution < 1.29 is 19.4 Å². The number of rotatable bonds is 7. The largest absolute Gasteiger partial charge is 0.480 e. The average molecular weight is 284 g/mol. The highest BCUT2D eigenvalue weighted by Gasteiger charge is 2.19. The van der Waals surface area contributed by atoms with Crippen molar-refractivity contribution in [3.63, 3.8) is 0 Å². The highest BCUT2D eigenvalue weighted by atomic mass is 16.5. The molecule has 8 heteroatoms. The van der Waals surface area contributed by atoms with E-state index in [0.29, 0.717) is 6.54 Å². The van der Waals surface area contributed by atoms with E-state index in [1.54, 1.807) is 17.9 Å². The van der Waals surface area contributed by atoms with E-state index in [2.05, 4.69) is 15.7 Å². The Morgan fingerprint density at radius 1 is 1.55 bits per heavy atom. The zero-order valence-corrected chi connectivity index (χ0v) is 11.8. The number of aromatic nitrogens is 2.